The summed E-state index contributed by atoms with van der Waals surface area (Å²) < 4.78 is 5.22. The molecule has 1 fully saturated rings. The summed E-state index contributed by atoms with van der Waals surface area (Å²) in [5.41, 5.74) is 2.73. The minimum Gasteiger partial charge on any atom is -0.497 e. The number of aryl methyl sites for hydroxylation is 1. The van der Waals surface area contributed by atoms with Crippen LogP contribution in [0.15, 0.2) is 24.3 Å². The van der Waals surface area contributed by atoms with Gasteiger partial charge in [0.15, 0.2) is 5.82 Å². The van der Waals surface area contributed by atoms with Gasteiger partial charge in [0, 0.05) is 24.2 Å². The maximum atomic E-state index is 12.8. The van der Waals surface area contributed by atoms with E-state index in [-0.39, 0.29) is 17.9 Å². The van der Waals surface area contributed by atoms with Crippen molar-refractivity contribution in [2.75, 3.05) is 18.6 Å². The number of benzene rings is 1. The van der Waals surface area contributed by atoms with Gasteiger partial charge >= 0.3 is 0 Å². The monoisotopic (exact) mass is 408 g/mol. The average molecular weight is 409 g/mol. The Kier molecular flexibility index (Phi) is 5.70. The van der Waals surface area contributed by atoms with E-state index < -0.39 is 0 Å². The molecule has 2 aliphatic heterocycles. The van der Waals surface area contributed by atoms with Gasteiger partial charge in [0.25, 0.3) is 0 Å². The molecule has 0 bridgehead atoms. The first-order chi connectivity index (χ1) is 14.5. The first-order valence-corrected chi connectivity index (χ1v) is 10.6. The maximum absolute atomic E-state index is 12.8. The van der Waals surface area contributed by atoms with Crippen molar-refractivity contribution in [3.05, 3.63) is 46.9 Å². The molecule has 1 aromatic carbocycles. The Bertz CT molecular complexity index is 958. The molecule has 158 valence electrons. The highest BCUT2D eigenvalue weighted by atomic mass is 16.5. The molecule has 0 spiro atoms. The van der Waals surface area contributed by atoms with Gasteiger partial charge in [-0.3, -0.25) is 14.5 Å². The Morgan fingerprint density at radius 1 is 1.20 bits per heavy atom. The number of methoxy groups -OCH3 is 1. The number of carbonyl (C=O) groups excluding carboxylic acids is 2. The topological polar surface area (TPSA) is 75.6 Å². The number of nitrogens with zero attached hydrogens (tertiary/aromatic N) is 4. The lowest BCUT2D eigenvalue weighted by Crippen LogP contribution is -2.39. The molecular formula is C23H28N4O3. The zero-order valence-corrected chi connectivity index (χ0v) is 17.9. The van der Waals surface area contributed by atoms with Crippen molar-refractivity contribution in [2.45, 2.75) is 58.5 Å². The van der Waals surface area contributed by atoms with Crippen LogP contribution in [0.3, 0.4) is 0 Å². The molecule has 1 atom stereocenters. The van der Waals surface area contributed by atoms with E-state index in [1.165, 1.54) is 0 Å². The first-order valence-electron chi connectivity index (χ1n) is 10.6. The van der Waals surface area contributed by atoms with Crippen LogP contribution in [0.4, 0.5) is 5.82 Å². The van der Waals surface area contributed by atoms with E-state index in [0.29, 0.717) is 31.0 Å². The zero-order valence-electron chi connectivity index (χ0n) is 17.9. The second kappa shape index (κ2) is 8.42. The van der Waals surface area contributed by atoms with Gasteiger partial charge in [-0.05, 0) is 43.9 Å². The number of hydrogen-bond acceptors (Lipinski definition) is 5. The molecule has 7 heteroatoms. The van der Waals surface area contributed by atoms with Crippen LogP contribution in [0, 0.1) is 6.92 Å². The molecule has 30 heavy (non-hydrogen) atoms. The summed E-state index contributed by atoms with van der Waals surface area (Å²) in [6, 6.07) is 7.59. The maximum Gasteiger partial charge on any atom is 0.233 e. The molecule has 0 saturated carbocycles. The number of carbonyl (C=O) groups is 2. The molecule has 2 amide bonds. The predicted octanol–water partition coefficient (Wildman–Crippen LogP) is 3.35. The highest BCUT2D eigenvalue weighted by Gasteiger charge is 2.35. The van der Waals surface area contributed by atoms with E-state index >= 15 is 0 Å². The lowest BCUT2D eigenvalue weighted by atomic mass is 10.0. The largest absolute Gasteiger partial charge is 0.497 e. The average Bonchev–Trinajstić information content (AvgIpc) is 3.09. The van der Waals surface area contributed by atoms with Crippen molar-refractivity contribution < 1.29 is 14.3 Å². The second-order valence-corrected chi connectivity index (χ2v) is 7.93. The highest BCUT2D eigenvalue weighted by Crippen LogP contribution is 2.35. The van der Waals surface area contributed by atoms with Crippen LogP contribution < -0.4 is 9.64 Å². The number of piperidine rings is 1. The summed E-state index contributed by atoms with van der Waals surface area (Å²) in [6.07, 6.45) is 3.71. The van der Waals surface area contributed by atoms with Crippen LogP contribution in [0.5, 0.6) is 5.75 Å². The van der Waals surface area contributed by atoms with Crippen LogP contribution in [-0.2, 0) is 22.6 Å². The number of likely N-dealkylation sites (tertiary alicyclic amines) is 1. The van der Waals surface area contributed by atoms with Crippen LogP contribution in [0.25, 0.3) is 0 Å². The third-order valence-corrected chi connectivity index (χ3v) is 6.02. The Morgan fingerprint density at radius 2 is 1.97 bits per heavy atom. The van der Waals surface area contributed by atoms with Gasteiger partial charge in [-0.25, -0.2) is 9.97 Å². The molecule has 1 aromatic heterocycles. The molecular weight excluding hydrogens is 380 g/mol. The van der Waals surface area contributed by atoms with E-state index in [1.807, 2.05) is 43.0 Å². The standard InChI is InChI=1S/C23H28N4O3/c1-4-20(28)26-12-6-5-7-19(26)22-24-15(2)18-13-21(29)27(23(18)25-22)14-16-8-10-17(30-3)11-9-16/h8-11,19H,4-7,12-14H2,1-3H3/t19-/m0/s1. The fraction of sp³-hybridized carbons (Fsp3) is 0.478. The molecule has 0 aliphatic carbocycles. The van der Waals surface area contributed by atoms with Crippen molar-refractivity contribution in [1.29, 1.82) is 0 Å². The smallest absolute Gasteiger partial charge is 0.233 e. The van der Waals surface area contributed by atoms with E-state index in [2.05, 4.69) is 0 Å². The number of anilines is 1. The molecule has 0 unspecified atom stereocenters. The highest BCUT2D eigenvalue weighted by molar-refractivity contribution is 6.00. The van der Waals surface area contributed by atoms with E-state index in [0.717, 1.165) is 48.4 Å². The van der Waals surface area contributed by atoms with Gasteiger partial charge in [0.05, 0.1) is 26.1 Å². The van der Waals surface area contributed by atoms with Gasteiger partial charge in [-0.15, -0.1) is 0 Å². The second-order valence-electron chi connectivity index (χ2n) is 7.93. The minimum atomic E-state index is -0.117. The summed E-state index contributed by atoms with van der Waals surface area (Å²) in [7, 11) is 1.63. The van der Waals surface area contributed by atoms with Crippen molar-refractivity contribution in [3.63, 3.8) is 0 Å². The number of rotatable bonds is 5. The summed E-state index contributed by atoms with van der Waals surface area (Å²) in [5, 5.41) is 0. The van der Waals surface area contributed by atoms with Crippen LogP contribution in [-0.4, -0.2) is 40.3 Å². The van der Waals surface area contributed by atoms with Crippen LogP contribution >= 0.6 is 0 Å². The molecule has 0 N–H and O–H groups in total. The number of aromatic nitrogens is 2. The number of hydrogen-bond donors (Lipinski definition) is 0. The van der Waals surface area contributed by atoms with E-state index in [1.54, 1.807) is 12.0 Å². The zero-order chi connectivity index (χ0) is 21.3. The quantitative estimate of drug-likeness (QED) is 0.758. The molecule has 1 saturated heterocycles. The van der Waals surface area contributed by atoms with Gasteiger partial charge < -0.3 is 9.64 Å². The van der Waals surface area contributed by atoms with Gasteiger partial charge in [0.1, 0.15) is 11.6 Å². The fourth-order valence-electron chi connectivity index (χ4n) is 4.32. The molecule has 4 rings (SSSR count). The third kappa shape index (κ3) is 3.76. The van der Waals surface area contributed by atoms with Crippen molar-refractivity contribution in [3.8, 4) is 5.75 Å². The van der Waals surface area contributed by atoms with Gasteiger partial charge in [-0.2, -0.15) is 0 Å². The van der Waals surface area contributed by atoms with Crippen molar-refractivity contribution >= 4 is 17.6 Å². The summed E-state index contributed by atoms with van der Waals surface area (Å²) in [5.74, 6) is 2.29. The van der Waals surface area contributed by atoms with Gasteiger partial charge in [-0.1, -0.05) is 19.1 Å². The molecule has 2 aliphatic rings. The molecule has 7 nitrogen and oxygen atoms in total. The Labute approximate surface area is 177 Å². The predicted molar refractivity (Wildman–Crippen MR) is 113 cm³/mol. The molecule has 0 radical (unpaired) electrons. The summed E-state index contributed by atoms with van der Waals surface area (Å²) in [4.78, 5) is 38.5. The Balaban J connectivity index is 1.66. The van der Waals surface area contributed by atoms with Crippen LogP contribution in [0.1, 0.15) is 61.3 Å². The SMILES string of the molecule is CCC(=O)N1CCCC[C@H]1c1nc(C)c2c(n1)N(Cc1ccc(OC)cc1)C(=O)C2. The molecule has 3 heterocycles. The number of fused-ring (bicyclic) bond motifs is 1. The van der Waals surface area contributed by atoms with Crippen LogP contribution in [0.2, 0.25) is 0 Å². The van der Waals surface area contributed by atoms with E-state index in [9.17, 15) is 9.59 Å². The lowest BCUT2D eigenvalue weighted by Gasteiger charge is -2.35. The van der Waals surface area contributed by atoms with Crippen molar-refractivity contribution in [2.24, 2.45) is 0 Å². The normalized spacial score (nSPS) is 18.5. The van der Waals surface area contributed by atoms with Crippen molar-refractivity contribution in [1.82, 2.24) is 14.9 Å². The Hall–Kier alpha value is -2.96. The summed E-state index contributed by atoms with van der Waals surface area (Å²) >= 11 is 0. The molecule has 2 aromatic rings. The number of amides is 2. The number of ether oxygens (including phenoxy) is 1. The lowest BCUT2D eigenvalue weighted by molar-refractivity contribution is -0.135. The third-order valence-electron chi connectivity index (χ3n) is 6.02. The Morgan fingerprint density at radius 3 is 2.67 bits per heavy atom. The fourth-order valence-corrected chi connectivity index (χ4v) is 4.32. The summed E-state index contributed by atoms with van der Waals surface area (Å²) in [6.45, 7) is 5.01. The van der Waals surface area contributed by atoms with E-state index in [4.69, 9.17) is 14.7 Å². The van der Waals surface area contributed by atoms with Gasteiger partial charge in [0.2, 0.25) is 11.8 Å². The minimum absolute atomic E-state index is 0.0282. The first kappa shape index (κ1) is 20.3.